The summed E-state index contributed by atoms with van der Waals surface area (Å²) >= 11 is 0. The molecule has 1 atom stereocenters. The lowest BCUT2D eigenvalue weighted by atomic mass is 10.1. The van der Waals surface area contributed by atoms with Gasteiger partial charge in [-0.1, -0.05) is 13.8 Å². The van der Waals surface area contributed by atoms with Gasteiger partial charge in [-0.2, -0.15) is 0 Å². The van der Waals surface area contributed by atoms with Crippen molar-refractivity contribution in [3.63, 3.8) is 0 Å². The molecule has 100 valence electrons. The molecule has 17 heavy (non-hydrogen) atoms. The average Bonchev–Trinajstić information content (AvgIpc) is 2.35. The van der Waals surface area contributed by atoms with Gasteiger partial charge in [0, 0.05) is 13.1 Å². The second kappa shape index (κ2) is 6.97. The summed E-state index contributed by atoms with van der Waals surface area (Å²) < 4.78 is 5.66. The van der Waals surface area contributed by atoms with Crippen molar-refractivity contribution in [1.29, 1.82) is 0 Å². The molecule has 1 saturated heterocycles. The zero-order chi connectivity index (χ0) is 12.8. The zero-order valence-corrected chi connectivity index (χ0v) is 11.5. The lowest BCUT2D eigenvalue weighted by Crippen LogP contribution is -2.41. The molecule has 0 aliphatic carbocycles. The van der Waals surface area contributed by atoms with E-state index < -0.39 is 0 Å². The van der Waals surface area contributed by atoms with E-state index in [1.807, 2.05) is 7.05 Å². The van der Waals surface area contributed by atoms with Crippen LogP contribution in [-0.4, -0.2) is 49.7 Å². The van der Waals surface area contributed by atoms with Gasteiger partial charge in [-0.15, -0.1) is 0 Å². The summed E-state index contributed by atoms with van der Waals surface area (Å²) in [5.41, 5.74) is 0. The fraction of sp³-hybridized carbons (Fsp3) is 0.923. The molecule has 0 aromatic heterocycles. The van der Waals surface area contributed by atoms with E-state index in [2.05, 4.69) is 26.1 Å². The molecule has 0 saturated carbocycles. The normalized spacial score (nSPS) is 19.4. The highest BCUT2D eigenvalue weighted by Crippen LogP contribution is 2.10. The van der Waals surface area contributed by atoms with Crippen LogP contribution in [0.1, 0.15) is 33.6 Å². The Balaban J connectivity index is 2.28. The first-order chi connectivity index (χ1) is 8.02. The summed E-state index contributed by atoms with van der Waals surface area (Å²) in [5.74, 6) is 0.563. The Morgan fingerprint density at radius 2 is 1.94 bits per heavy atom. The number of hydrogen-bond donors (Lipinski definition) is 1. The molecule has 4 nitrogen and oxygen atoms in total. The van der Waals surface area contributed by atoms with E-state index in [1.165, 1.54) is 0 Å². The van der Waals surface area contributed by atoms with Crippen molar-refractivity contribution in [2.75, 3.05) is 26.7 Å². The number of carbonyl (C=O) groups excluding carboxylic acids is 1. The van der Waals surface area contributed by atoms with Gasteiger partial charge in [0.15, 0.2) is 0 Å². The number of nitrogens with zero attached hydrogens (tertiary/aromatic N) is 1. The Labute approximate surface area is 105 Å². The van der Waals surface area contributed by atoms with E-state index in [0.29, 0.717) is 5.92 Å². The molecule has 4 heteroatoms. The van der Waals surface area contributed by atoms with Gasteiger partial charge in [-0.05, 0) is 38.8 Å². The second-order valence-corrected chi connectivity index (χ2v) is 5.25. The smallest absolute Gasteiger partial charge is 0.248 e. The minimum Gasteiger partial charge on any atom is -0.368 e. The summed E-state index contributed by atoms with van der Waals surface area (Å²) in [7, 11) is 1.86. The van der Waals surface area contributed by atoms with Crippen LogP contribution in [0.5, 0.6) is 0 Å². The van der Waals surface area contributed by atoms with Crippen LogP contribution in [0, 0.1) is 5.92 Å². The first kappa shape index (κ1) is 14.5. The van der Waals surface area contributed by atoms with E-state index in [9.17, 15) is 4.79 Å². The molecule has 0 bridgehead atoms. The number of hydrogen-bond acceptors (Lipinski definition) is 3. The summed E-state index contributed by atoms with van der Waals surface area (Å²) in [4.78, 5) is 13.7. The van der Waals surface area contributed by atoms with Crippen LogP contribution < -0.4 is 5.32 Å². The standard InChI is InChI=1S/C13H26N2O2/c1-10(2)11(3)15(4)13(16)9-17-12-5-7-14-8-6-12/h10-12,14H,5-9H2,1-4H3. The van der Waals surface area contributed by atoms with Crippen molar-refractivity contribution in [3.05, 3.63) is 0 Å². The van der Waals surface area contributed by atoms with Crippen LogP contribution in [0.3, 0.4) is 0 Å². The summed E-state index contributed by atoms with van der Waals surface area (Å²) in [5, 5.41) is 3.28. The van der Waals surface area contributed by atoms with Crippen LogP contribution in [0.4, 0.5) is 0 Å². The lowest BCUT2D eigenvalue weighted by molar-refractivity contribution is -0.140. The summed E-state index contributed by atoms with van der Waals surface area (Å²) in [6.45, 7) is 8.55. The topological polar surface area (TPSA) is 41.6 Å². The minimum absolute atomic E-state index is 0.0877. The highest BCUT2D eigenvalue weighted by atomic mass is 16.5. The zero-order valence-electron chi connectivity index (χ0n) is 11.5. The number of ether oxygens (including phenoxy) is 1. The molecule has 0 radical (unpaired) electrons. The molecule has 1 aliphatic heterocycles. The van der Waals surface area contributed by atoms with E-state index in [0.717, 1.165) is 25.9 Å². The molecule has 0 aromatic carbocycles. The number of amides is 1. The van der Waals surface area contributed by atoms with E-state index >= 15 is 0 Å². The third kappa shape index (κ3) is 4.64. The number of carbonyl (C=O) groups is 1. The third-order valence-corrected chi connectivity index (χ3v) is 3.70. The Hall–Kier alpha value is -0.610. The van der Waals surface area contributed by atoms with Crippen LogP contribution in [0.2, 0.25) is 0 Å². The van der Waals surface area contributed by atoms with Crippen molar-refractivity contribution in [1.82, 2.24) is 10.2 Å². The van der Waals surface area contributed by atoms with Gasteiger partial charge < -0.3 is 15.0 Å². The van der Waals surface area contributed by atoms with Gasteiger partial charge in [0.25, 0.3) is 0 Å². The number of rotatable bonds is 5. The lowest BCUT2D eigenvalue weighted by Gasteiger charge is -2.29. The number of likely N-dealkylation sites (N-methyl/N-ethyl adjacent to an activating group) is 1. The van der Waals surface area contributed by atoms with Crippen molar-refractivity contribution < 1.29 is 9.53 Å². The van der Waals surface area contributed by atoms with E-state index in [4.69, 9.17) is 4.74 Å². The molecule has 0 aromatic rings. The molecule has 1 rings (SSSR count). The maximum absolute atomic E-state index is 11.9. The van der Waals surface area contributed by atoms with Gasteiger partial charge in [0.1, 0.15) is 6.61 Å². The first-order valence-corrected chi connectivity index (χ1v) is 6.60. The monoisotopic (exact) mass is 242 g/mol. The maximum atomic E-state index is 11.9. The Morgan fingerprint density at radius 3 is 2.47 bits per heavy atom. The van der Waals surface area contributed by atoms with Crippen LogP contribution in [0.25, 0.3) is 0 Å². The van der Waals surface area contributed by atoms with Crippen LogP contribution >= 0.6 is 0 Å². The SMILES string of the molecule is CC(C)C(C)N(C)C(=O)COC1CCNCC1. The fourth-order valence-corrected chi connectivity index (χ4v) is 1.93. The summed E-state index contributed by atoms with van der Waals surface area (Å²) in [6.07, 6.45) is 2.27. The van der Waals surface area contributed by atoms with E-state index in [1.54, 1.807) is 4.90 Å². The Bertz CT molecular complexity index is 238. The van der Waals surface area contributed by atoms with Gasteiger partial charge in [0.2, 0.25) is 5.91 Å². The number of nitrogens with one attached hydrogen (secondary N) is 1. The predicted octanol–water partition coefficient (Wildman–Crippen LogP) is 1.26. The number of piperidine rings is 1. The average molecular weight is 242 g/mol. The van der Waals surface area contributed by atoms with Crippen molar-refractivity contribution in [2.24, 2.45) is 5.92 Å². The first-order valence-electron chi connectivity index (χ1n) is 6.60. The highest BCUT2D eigenvalue weighted by Gasteiger charge is 2.20. The molecule has 1 N–H and O–H groups in total. The highest BCUT2D eigenvalue weighted by molar-refractivity contribution is 5.77. The van der Waals surface area contributed by atoms with Gasteiger partial charge in [0.05, 0.1) is 6.10 Å². The van der Waals surface area contributed by atoms with Crippen molar-refractivity contribution in [2.45, 2.75) is 45.8 Å². The van der Waals surface area contributed by atoms with Gasteiger partial charge in [-0.25, -0.2) is 0 Å². The summed E-state index contributed by atoms with van der Waals surface area (Å²) in [6, 6.07) is 0.263. The largest absolute Gasteiger partial charge is 0.368 e. The Morgan fingerprint density at radius 1 is 1.35 bits per heavy atom. The van der Waals surface area contributed by atoms with Crippen molar-refractivity contribution in [3.8, 4) is 0 Å². The molecule has 1 unspecified atom stereocenters. The third-order valence-electron chi connectivity index (χ3n) is 3.70. The van der Waals surface area contributed by atoms with Crippen LogP contribution in [0.15, 0.2) is 0 Å². The van der Waals surface area contributed by atoms with E-state index in [-0.39, 0.29) is 24.7 Å². The van der Waals surface area contributed by atoms with Gasteiger partial charge in [-0.3, -0.25) is 4.79 Å². The molecule has 0 spiro atoms. The minimum atomic E-state index is 0.0877. The maximum Gasteiger partial charge on any atom is 0.248 e. The molecule has 1 aliphatic rings. The molecule has 1 heterocycles. The van der Waals surface area contributed by atoms with Crippen LogP contribution in [-0.2, 0) is 9.53 Å². The Kier molecular flexibility index (Phi) is 5.92. The molecule has 1 fully saturated rings. The second-order valence-electron chi connectivity index (χ2n) is 5.25. The molecule has 1 amide bonds. The fourth-order valence-electron chi connectivity index (χ4n) is 1.93. The quantitative estimate of drug-likeness (QED) is 0.789. The van der Waals surface area contributed by atoms with Crippen molar-refractivity contribution >= 4 is 5.91 Å². The molecular weight excluding hydrogens is 216 g/mol. The molecular formula is C13H26N2O2. The predicted molar refractivity (Wildman–Crippen MR) is 68.9 cm³/mol. The van der Waals surface area contributed by atoms with Gasteiger partial charge >= 0.3 is 0 Å².